The summed E-state index contributed by atoms with van der Waals surface area (Å²) >= 11 is 7.57. The molecule has 0 spiro atoms. The van der Waals surface area contributed by atoms with E-state index in [0.29, 0.717) is 6.54 Å². The number of thioether (sulfide) groups is 1. The van der Waals surface area contributed by atoms with Crippen LogP contribution in [0, 0.1) is 0 Å². The van der Waals surface area contributed by atoms with E-state index in [0.717, 1.165) is 33.2 Å². The van der Waals surface area contributed by atoms with Crippen LogP contribution < -0.4 is 10.1 Å². The molecule has 25 heavy (non-hydrogen) atoms. The van der Waals surface area contributed by atoms with Crippen LogP contribution in [0.2, 0.25) is 5.02 Å². The maximum atomic E-state index is 5.91. The number of aromatic nitrogens is 3. The first-order chi connectivity index (χ1) is 12.2. The number of benzene rings is 2. The second-order valence-electron chi connectivity index (χ2n) is 5.46. The average molecular weight is 375 g/mol. The molecule has 0 amide bonds. The van der Waals surface area contributed by atoms with Gasteiger partial charge in [0, 0.05) is 23.5 Å². The van der Waals surface area contributed by atoms with E-state index in [1.807, 2.05) is 60.1 Å². The standard InChI is InChI=1S/C18H19ClN4OS/c1-23-17(11-20-15-7-9-16(24-2)10-8-15)21-22-18(23)25-12-13-3-5-14(19)6-4-13/h3-10,20H,11-12H2,1-2H3. The molecule has 0 saturated heterocycles. The van der Waals surface area contributed by atoms with Crippen LogP contribution in [-0.2, 0) is 19.3 Å². The highest BCUT2D eigenvalue weighted by Gasteiger charge is 2.09. The van der Waals surface area contributed by atoms with E-state index in [4.69, 9.17) is 16.3 Å². The van der Waals surface area contributed by atoms with Crippen LogP contribution in [0.4, 0.5) is 5.69 Å². The lowest BCUT2D eigenvalue weighted by atomic mass is 10.2. The fraction of sp³-hybridized carbons (Fsp3) is 0.222. The first-order valence-corrected chi connectivity index (χ1v) is 9.15. The fourth-order valence-electron chi connectivity index (χ4n) is 2.24. The van der Waals surface area contributed by atoms with Gasteiger partial charge in [-0.25, -0.2) is 0 Å². The molecule has 0 radical (unpaired) electrons. The summed E-state index contributed by atoms with van der Waals surface area (Å²) < 4.78 is 7.17. The second-order valence-corrected chi connectivity index (χ2v) is 6.83. The molecule has 130 valence electrons. The topological polar surface area (TPSA) is 52.0 Å². The first kappa shape index (κ1) is 17.6. The predicted octanol–water partition coefficient (Wildman–Crippen LogP) is 4.38. The molecule has 0 saturated carbocycles. The zero-order valence-corrected chi connectivity index (χ0v) is 15.6. The normalized spacial score (nSPS) is 10.7. The van der Waals surface area contributed by atoms with E-state index in [9.17, 15) is 0 Å². The molecular weight excluding hydrogens is 356 g/mol. The summed E-state index contributed by atoms with van der Waals surface area (Å²) in [7, 11) is 3.64. The number of hydrogen-bond acceptors (Lipinski definition) is 5. The predicted molar refractivity (Wildman–Crippen MR) is 102 cm³/mol. The molecule has 1 N–H and O–H groups in total. The third-order valence-electron chi connectivity index (χ3n) is 3.75. The smallest absolute Gasteiger partial charge is 0.191 e. The number of nitrogens with zero attached hydrogens (tertiary/aromatic N) is 3. The Morgan fingerprint density at radius 2 is 1.80 bits per heavy atom. The summed E-state index contributed by atoms with van der Waals surface area (Å²) in [5.74, 6) is 2.55. The molecule has 0 unspecified atom stereocenters. The Kier molecular flexibility index (Phi) is 5.83. The van der Waals surface area contributed by atoms with Crippen LogP contribution in [0.5, 0.6) is 5.75 Å². The number of halogens is 1. The highest BCUT2D eigenvalue weighted by molar-refractivity contribution is 7.98. The van der Waals surface area contributed by atoms with Crippen LogP contribution in [0.3, 0.4) is 0 Å². The molecule has 3 rings (SSSR count). The lowest BCUT2D eigenvalue weighted by Crippen LogP contribution is -2.06. The van der Waals surface area contributed by atoms with Gasteiger partial charge < -0.3 is 14.6 Å². The molecule has 5 nitrogen and oxygen atoms in total. The molecule has 0 aliphatic carbocycles. The van der Waals surface area contributed by atoms with E-state index in [1.54, 1.807) is 18.9 Å². The molecule has 0 aliphatic rings. The van der Waals surface area contributed by atoms with Crippen molar-refractivity contribution >= 4 is 29.1 Å². The lowest BCUT2D eigenvalue weighted by Gasteiger charge is -2.07. The van der Waals surface area contributed by atoms with Gasteiger partial charge in [0.1, 0.15) is 5.75 Å². The van der Waals surface area contributed by atoms with Gasteiger partial charge in [-0.3, -0.25) is 0 Å². The van der Waals surface area contributed by atoms with Gasteiger partial charge in [-0.05, 0) is 42.0 Å². The van der Waals surface area contributed by atoms with Crippen molar-refractivity contribution in [3.05, 3.63) is 64.9 Å². The van der Waals surface area contributed by atoms with Crippen LogP contribution in [0.1, 0.15) is 11.4 Å². The minimum Gasteiger partial charge on any atom is -0.497 e. The molecule has 0 fully saturated rings. The van der Waals surface area contributed by atoms with Crippen LogP contribution in [0.15, 0.2) is 53.7 Å². The summed E-state index contributed by atoms with van der Waals surface area (Å²) in [6, 6.07) is 15.7. The zero-order valence-electron chi connectivity index (χ0n) is 14.1. The van der Waals surface area contributed by atoms with Crippen molar-refractivity contribution in [2.75, 3.05) is 12.4 Å². The van der Waals surface area contributed by atoms with Gasteiger partial charge in [0.05, 0.1) is 13.7 Å². The maximum Gasteiger partial charge on any atom is 0.191 e. The van der Waals surface area contributed by atoms with Gasteiger partial charge in [-0.2, -0.15) is 0 Å². The highest BCUT2D eigenvalue weighted by Crippen LogP contribution is 2.22. The zero-order chi connectivity index (χ0) is 17.6. The monoisotopic (exact) mass is 374 g/mol. The second kappa shape index (κ2) is 8.27. The summed E-state index contributed by atoms with van der Waals surface area (Å²) in [4.78, 5) is 0. The Balaban J connectivity index is 1.57. The molecular formula is C18H19ClN4OS. The third-order valence-corrected chi connectivity index (χ3v) is 5.09. The molecule has 0 bridgehead atoms. The maximum absolute atomic E-state index is 5.91. The van der Waals surface area contributed by atoms with Gasteiger partial charge in [-0.15, -0.1) is 10.2 Å². The number of methoxy groups -OCH3 is 1. The molecule has 7 heteroatoms. The van der Waals surface area contributed by atoms with Crippen molar-refractivity contribution in [1.82, 2.24) is 14.8 Å². The quantitative estimate of drug-likeness (QED) is 0.622. The van der Waals surface area contributed by atoms with Crippen molar-refractivity contribution in [2.45, 2.75) is 17.5 Å². The Labute approximate surface area is 156 Å². The van der Waals surface area contributed by atoms with Gasteiger partial charge in [0.25, 0.3) is 0 Å². The minimum atomic E-state index is 0.608. The molecule has 1 heterocycles. The van der Waals surface area contributed by atoms with Crippen molar-refractivity contribution in [3.8, 4) is 5.75 Å². The van der Waals surface area contributed by atoms with Gasteiger partial charge in [0.2, 0.25) is 0 Å². The van der Waals surface area contributed by atoms with Crippen LogP contribution >= 0.6 is 23.4 Å². The first-order valence-electron chi connectivity index (χ1n) is 7.79. The van der Waals surface area contributed by atoms with E-state index < -0.39 is 0 Å². The van der Waals surface area contributed by atoms with Crippen molar-refractivity contribution < 1.29 is 4.74 Å². The summed E-state index contributed by atoms with van der Waals surface area (Å²) in [6.45, 7) is 0.608. The Morgan fingerprint density at radius 3 is 2.48 bits per heavy atom. The number of rotatable bonds is 7. The number of anilines is 1. The summed E-state index contributed by atoms with van der Waals surface area (Å²) in [6.07, 6.45) is 0. The molecule has 0 aliphatic heterocycles. The highest BCUT2D eigenvalue weighted by atomic mass is 35.5. The van der Waals surface area contributed by atoms with Crippen molar-refractivity contribution in [3.63, 3.8) is 0 Å². The minimum absolute atomic E-state index is 0.608. The van der Waals surface area contributed by atoms with Crippen molar-refractivity contribution in [2.24, 2.45) is 7.05 Å². The van der Waals surface area contributed by atoms with E-state index in [2.05, 4.69) is 15.5 Å². The Morgan fingerprint density at radius 1 is 1.08 bits per heavy atom. The van der Waals surface area contributed by atoms with Crippen LogP contribution in [0.25, 0.3) is 0 Å². The van der Waals surface area contributed by atoms with Gasteiger partial charge in [-0.1, -0.05) is 35.5 Å². The molecule has 0 atom stereocenters. The summed E-state index contributed by atoms with van der Waals surface area (Å²) in [5.41, 5.74) is 2.22. The van der Waals surface area contributed by atoms with E-state index in [-0.39, 0.29) is 0 Å². The SMILES string of the molecule is COc1ccc(NCc2nnc(SCc3ccc(Cl)cc3)n2C)cc1. The molecule has 3 aromatic rings. The molecule has 2 aromatic carbocycles. The van der Waals surface area contributed by atoms with E-state index in [1.165, 1.54) is 5.56 Å². The lowest BCUT2D eigenvalue weighted by molar-refractivity contribution is 0.415. The Hall–Kier alpha value is -2.18. The molecule has 1 aromatic heterocycles. The number of hydrogen-bond donors (Lipinski definition) is 1. The van der Waals surface area contributed by atoms with Gasteiger partial charge in [0.15, 0.2) is 11.0 Å². The summed E-state index contributed by atoms with van der Waals surface area (Å²) in [5, 5.41) is 13.5. The van der Waals surface area contributed by atoms with Crippen LogP contribution in [-0.4, -0.2) is 21.9 Å². The average Bonchev–Trinajstić information content (AvgIpc) is 3.00. The number of ether oxygens (including phenoxy) is 1. The van der Waals surface area contributed by atoms with Crippen molar-refractivity contribution in [1.29, 1.82) is 0 Å². The largest absolute Gasteiger partial charge is 0.497 e. The third kappa shape index (κ3) is 4.67. The fourth-order valence-corrected chi connectivity index (χ4v) is 3.25. The Bertz CT molecular complexity index is 818. The van der Waals surface area contributed by atoms with E-state index >= 15 is 0 Å². The van der Waals surface area contributed by atoms with Gasteiger partial charge >= 0.3 is 0 Å². The number of nitrogens with one attached hydrogen (secondary N) is 1.